The number of carbonyl (C=O) groups excluding carboxylic acids is 1. The van der Waals surface area contributed by atoms with E-state index >= 15 is 0 Å². The summed E-state index contributed by atoms with van der Waals surface area (Å²) in [6.45, 7) is 1.59. The van der Waals surface area contributed by atoms with Crippen LogP contribution < -0.4 is 5.56 Å². The zero-order chi connectivity index (χ0) is 14.5. The molecule has 1 aliphatic rings. The van der Waals surface area contributed by atoms with Crippen LogP contribution in [-0.2, 0) is 16.1 Å². The van der Waals surface area contributed by atoms with E-state index in [0.29, 0.717) is 17.1 Å². The fourth-order valence-electron chi connectivity index (χ4n) is 1.88. The van der Waals surface area contributed by atoms with Crippen molar-refractivity contribution in [2.45, 2.75) is 24.3 Å². The monoisotopic (exact) mass is 332 g/mol. The summed E-state index contributed by atoms with van der Waals surface area (Å²) in [4.78, 5) is 28.5. The van der Waals surface area contributed by atoms with Gasteiger partial charge in [-0.15, -0.1) is 34.5 Å². The van der Waals surface area contributed by atoms with E-state index < -0.39 is 15.7 Å². The average molecular weight is 333 g/mol. The van der Waals surface area contributed by atoms with Gasteiger partial charge >= 0.3 is 5.97 Å². The number of thiazole rings is 1. The van der Waals surface area contributed by atoms with E-state index in [-0.39, 0.29) is 12.2 Å². The normalized spacial score (nSPS) is 23.8. The van der Waals surface area contributed by atoms with Crippen molar-refractivity contribution >= 4 is 45.5 Å². The van der Waals surface area contributed by atoms with Crippen molar-refractivity contribution in [3.8, 4) is 0 Å². The van der Waals surface area contributed by atoms with Crippen molar-refractivity contribution in [3.05, 3.63) is 33.7 Å². The molecule has 106 valence electrons. The summed E-state index contributed by atoms with van der Waals surface area (Å²) in [6, 6.07) is 1.34. The van der Waals surface area contributed by atoms with Gasteiger partial charge in [0.15, 0.2) is 4.96 Å². The van der Waals surface area contributed by atoms with Crippen LogP contribution in [0.3, 0.4) is 0 Å². The van der Waals surface area contributed by atoms with Gasteiger partial charge in [-0.25, -0.2) is 4.98 Å². The molecular weight excluding hydrogens is 323 g/mol. The molecule has 0 saturated heterocycles. The number of aromatic nitrogens is 2. The minimum absolute atomic E-state index is 0.0675. The Kier molecular flexibility index (Phi) is 3.08. The average Bonchev–Trinajstić information content (AvgIpc) is 2.77. The summed E-state index contributed by atoms with van der Waals surface area (Å²) < 4.78 is 5.53. The molecule has 2 heterocycles. The Morgan fingerprint density at radius 1 is 1.60 bits per heavy atom. The minimum Gasteiger partial charge on any atom is -0.459 e. The third-order valence-corrected chi connectivity index (χ3v) is 5.27. The molecule has 0 unspecified atom stereocenters. The summed E-state index contributed by atoms with van der Waals surface area (Å²) in [6.07, 6.45) is 2.01. The molecule has 20 heavy (non-hydrogen) atoms. The standard InChI is InChI=1S/C12H10Cl2N2O3S/c1-11(6-12(11,13)14)9(18)19-5-7-4-8(17)16-2-3-20-10(16)15-7/h2-4H,5-6H2,1H3/t11-/m1/s1. The first-order valence-corrected chi connectivity index (χ1v) is 7.48. The Morgan fingerprint density at radius 3 is 2.95 bits per heavy atom. The van der Waals surface area contributed by atoms with Crippen LogP contribution in [0.25, 0.3) is 4.96 Å². The summed E-state index contributed by atoms with van der Waals surface area (Å²) in [5.74, 6) is -0.476. The van der Waals surface area contributed by atoms with E-state index in [9.17, 15) is 9.59 Å². The first kappa shape index (κ1) is 13.9. The van der Waals surface area contributed by atoms with Gasteiger partial charge in [-0.2, -0.15) is 0 Å². The lowest BCUT2D eigenvalue weighted by Gasteiger charge is -2.11. The molecular formula is C12H10Cl2N2O3S. The molecule has 2 aromatic heterocycles. The van der Waals surface area contributed by atoms with Gasteiger partial charge in [-0.1, -0.05) is 0 Å². The zero-order valence-electron chi connectivity index (χ0n) is 10.4. The number of esters is 1. The van der Waals surface area contributed by atoms with Gasteiger partial charge in [0.05, 0.1) is 5.69 Å². The lowest BCUT2D eigenvalue weighted by atomic mass is 10.1. The molecule has 0 aromatic carbocycles. The Labute approximate surface area is 128 Å². The van der Waals surface area contributed by atoms with Crippen molar-refractivity contribution < 1.29 is 9.53 Å². The minimum atomic E-state index is -1.06. The van der Waals surface area contributed by atoms with Crippen molar-refractivity contribution in [1.29, 1.82) is 0 Å². The highest BCUT2D eigenvalue weighted by atomic mass is 35.5. The van der Waals surface area contributed by atoms with Gasteiger partial charge in [0, 0.05) is 24.1 Å². The molecule has 0 amide bonds. The second-order valence-corrected chi connectivity index (χ2v) is 7.29. The Balaban J connectivity index is 1.75. The molecule has 5 nitrogen and oxygen atoms in total. The molecule has 0 spiro atoms. The number of ether oxygens (including phenoxy) is 1. The molecule has 1 atom stereocenters. The van der Waals surface area contributed by atoms with E-state index in [1.165, 1.54) is 21.8 Å². The van der Waals surface area contributed by atoms with Crippen molar-refractivity contribution in [3.63, 3.8) is 0 Å². The van der Waals surface area contributed by atoms with E-state index in [1.807, 2.05) is 0 Å². The van der Waals surface area contributed by atoms with Crippen LogP contribution in [0.15, 0.2) is 22.4 Å². The van der Waals surface area contributed by atoms with E-state index in [0.717, 1.165) is 0 Å². The molecule has 1 fully saturated rings. The van der Waals surface area contributed by atoms with Gasteiger partial charge < -0.3 is 4.74 Å². The summed E-state index contributed by atoms with van der Waals surface area (Å²) >= 11 is 13.2. The van der Waals surface area contributed by atoms with Gasteiger partial charge in [0.2, 0.25) is 0 Å². The van der Waals surface area contributed by atoms with E-state index in [1.54, 1.807) is 18.5 Å². The number of hydrogen-bond donors (Lipinski definition) is 0. The quantitative estimate of drug-likeness (QED) is 0.639. The Morgan fingerprint density at radius 2 is 2.30 bits per heavy atom. The van der Waals surface area contributed by atoms with Crippen LogP contribution in [0.5, 0.6) is 0 Å². The number of rotatable bonds is 3. The molecule has 1 saturated carbocycles. The van der Waals surface area contributed by atoms with Gasteiger partial charge in [-0.3, -0.25) is 14.0 Å². The van der Waals surface area contributed by atoms with Gasteiger partial charge in [0.25, 0.3) is 5.56 Å². The predicted molar refractivity (Wildman–Crippen MR) is 76.3 cm³/mol. The Bertz CT molecular complexity index is 754. The highest BCUT2D eigenvalue weighted by Gasteiger charge is 2.69. The third kappa shape index (κ3) is 2.12. The smallest absolute Gasteiger partial charge is 0.315 e. The SMILES string of the molecule is C[C@]1(C(=O)OCc2cc(=O)n3ccsc3n2)CC1(Cl)Cl. The number of nitrogens with zero attached hydrogens (tertiary/aromatic N) is 2. The van der Waals surface area contributed by atoms with Crippen LogP contribution in [0.2, 0.25) is 0 Å². The van der Waals surface area contributed by atoms with Crippen LogP contribution >= 0.6 is 34.5 Å². The summed E-state index contributed by atoms with van der Waals surface area (Å²) in [5.41, 5.74) is -0.674. The molecule has 3 rings (SSSR count). The van der Waals surface area contributed by atoms with Crippen molar-refractivity contribution in [1.82, 2.24) is 9.38 Å². The lowest BCUT2D eigenvalue weighted by Crippen LogP contribution is -2.22. The number of carbonyl (C=O) groups is 1. The molecule has 8 heteroatoms. The van der Waals surface area contributed by atoms with Crippen LogP contribution in [0.1, 0.15) is 19.0 Å². The largest absolute Gasteiger partial charge is 0.459 e. The summed E-state index contributed by atoms with van der Waals surface area (Å²) in [7, 11) is 0. The van der Waals surface area contributed by atoms with E-state index in [2.05, 4.69) is 4.98 Å². The predicted octanol–water partition coefficient (Wildman–Crippen LogP) is 2.38. The van der Waals surface area contributed by atoms with Crippen LogP contribution in [-0.4, -0.2) is 19.7 Å². The molecule has 2 aromatic rings. The summed E-state index contributed by atoms with van der Waals surface area (Å²) in [5, 5.41) is 1.76. The van der Waals surface area contributed by atoms with Gasteiger partial charge in [-0.05, 0) is 6.92 Å². The highest BCUT2D eigenvalue weighted by Crippen LogP contribution is 2.64. The first-order chi connectivity index (χ1) is 9.33. The van der Waals surface area contributed by atoms with Crippen molar-refractivity contribution in [2.75, 3.05) is 0 Å². The number of halogens is 2. The number of alkyl halides is 2. The molecule has 0 aliphatic heterocycles. The molecule has 1 aliphatic carbocycles. The fourth-order valence-corrected chi connectivity index (χ4v) is 3.31. The maximum absolute atomic E-state index is 11.9. The van der Waals surface area contributed by atoms with Crippen LogP contribution in [0, 0.1) is 5.41 Å². The fraction of sp³-hybridized carbons (Fsp3) is 0.417. The molecule has 0 bridgehead atoms. The lowest BCUT2D eigenvalue weighted by molar-refractivity contribution is -0.151. The first-order valence-electron chi connectivity index (χ1n) is 5.84. The van der Waals surface area contributed by atoms with Crippen LogP contribution in [0.4, 0.5) is 0 Å². The number of hydrogen-bond acceptors (Lipinski definition) is 5. The second kappa shape index (κ2) is 4.44. The van der Waals surface area contributed by atoms with Gasteiger partial charge in [0.1, 0.15) is 16.4 Å². The topological polar surface area (TPSA) is 60.7 Å². The maximum atomic E-state index is 11.9. The zero-order valence-corrected chi connectivity index (χ0v) is 12.8. The van der Waals surface area contributed by atoms with Crippen molar-refractivity contribution in [2.24, 2.45) is 5.41 Å². The Hall–Kier alpha value is -1.11. The third-order valence-electron chi connectivity index (χ3n) is 3.42. The molecule has 0 N–H and O–H groups in total. The maximum Gasteiger partial charge on any atom is 0.315 e. The van der Waals surface area contributed by atoms with E-state index in [4.69, 9.17) is 27.9 Å². The molecule has 0 radical (unpaired) electrons. The highest BCUT2D eigenvalue weighted by molar-refractivity contribution is 7.15. The number of fused-ring (bicyclic) bond motifs is 1. The second-order valence-electron chi connectivity index (χ2n) is 4.93.